The molecule has 2 aliphatic rings. The van der Waals surface area contributed by atoms with Crippen molar-refractivity contribution < 1.29 is 19.1 Å². The number of esters is 1. The van der Waals surface area contributed by atoms with Gasteiger partial charge in [0.25, 0.3) is 5.91 Å². The fourth-order valence-electron chi connectivity index (χ4n) is 4.70. The van der Waals surface area contributed by atoms with E-state index in [0.29, 0.717) is 48.8 Å². The summed E-state index contributed by atoms with van der Waals surface area (Å²) in [5, 5.41) is 8.47. The minimum absolute atomic E-state index is 0.0219. The highest BCUT2D eigenvalue weighted by atomic mass is 35.5. The lowest BCUT2D eigenvalue weighted by molar-refractivity contribution is 0.0160. The summed E-state index contributed by atoms with van der Waals surface area (Å²) in [5.41, 5.74) is 4.00. The predicted octanol–water partition coefficient (Wildman–Crippen LogP) is 3.74. The molecule has 0 saturated carbocycles. The van der Waals surface area contributed by atoms with Crippen LogP contribution in [0.25, 0.3) is 0 Å². The van der Waals surface area contributed by atoms with Crippen LogP contribution in [0.15, 0.2) is 18.2 Å². The standard InChI is InChI=1S/C24H30ClN3O4/c1-3-28-21-19(14-24(15-26-22(21)29)8-11-31-12-9-24)20(27-28)5-4-10-32-23(30)18-7-6-17(25)13-16(18)2/h6-7,13H,3-5,8-12,14-15H2,1-2H3,(H,26,29). The third-order valence-electron chi connectivity index (χ3n) is 6.58. The van der Waals surface area contributed by atoms with E-state index in [9.17, 15) is 9.59 Å². The molecule has 1 amide bonds. The molecule has 32 heavy (non-hydrogen) atoms. The second-order valence-corrected chi connectivity index (χ2v) is 9.20. The number of hydrogen-bond acceptors (Lipinski definition) is 5. The van der Waals surface area contributed by atoms with Crippen molar-refractivity contribution in [2.45, 2.75) is 52.5 Å². The van der Waals surface area contributed by atoms with Crippen LogP contribution in [-0.2, 0) is 28.9 Å². The molecule has 0 radical (unpaired) electrons. The first-order valence-corrected chi connectivity index (χ1v) is 11.7. The van der Waals surface area contributed by atoms with Gasteiger partial charge in [-0.15, -0.1) is 0 Å². The maximum absolute atomic E-state index is 12.9. The maximum Gasteiger partial charge on any atom is 0.338 e. The number of aromatic nitrogens is 2. The maximum atomic E-state index is 12.9. The van der Waals surface area contributed by atoms with Gasteiger partial charge in [0.1, 0.15) is 5.69 Å². The molecule has 0 bridgehead atoms. The molecule has 1 N–H and O–H groups in total. The van der Waals surface area contributed by atoms with Crippen molar-refractivity contribution in [1.29, 1.82) is 0 Å². The lowest BCUT2D eigenvalue weighted by Gasteiger charge is -2.36. The quantitative estimate of drug-likeness (QED) is 0.525. The number of nitrogens with one attached hydrogen (secondary N) is 1. The first-order chi connectivity index (χ1) is 15.4. The van der Waals surface area contributed by atoms with Crippen molar-refractivity contribution in [1.82, 2.24) is 15.1 Å². The average Bonchev–Trinajstić information content (AvgIpc) is 3.05. The van der Waals surface area contributed by atoms with Gasteiger partial charge in [-0.1, -0.05) is 11.6 Å². The van der Waals surface area contributed by atoms with Crippen molar-refractivity contribution >= 4 is 23.5 Å². The molecule has 2 aromatic rings. The smallest absolute Gasteiger partial charge is 0.338 e. The SMILES string of the molecule is CCn1nc(CCCOC(=O)c2ccc(Cl)cc2C)c2c1C(=O)NCC1(CCOCC1)C2. The first-order valence-electron chi connectivity index (χ1n) is 11.3. The summed E-state index contributed by atoms with van der Waals surface area (Å²) in [4.78, 5) is 25.3. The van der Waals surface area contributed by atoms with Crippen molar-refractivity contribution in [2.75, 3.05) is 26.4 Å². The molecule has 7 nitrogen and oxygen atoms in total. The van der Waals surface area contributed by atoms with Crippen molar-refractivity contribution in [3.05, 3.63) is 51.3 Å². The van der Waals surface area contributed by atoms with Crippen LogP contribution >= 0.6 is 11.6 Å². The van der Waals surface area contributed by atoms with Gasteiger partial charge in [-0.3, -0.25) is 9.48 Å². The number of fused-ring (bicyclic) bond motifs is 1. The Bertz CT molecular complexity index is 1010. The van der Waals surface area contributed by atoms with Crippen LogP contribution in [0.3, 0.4) is 0 Å². The van der Waals surface area contributed by atoms with Gasteiger partial charge in [0.15, 0.2) is 0 Å². The second kappa shape index (κ2) is 9.63. The Hall–Kier alpha value is -2.38. The van der Waals surface area contributed by atoms with Crippen LogP contribution in [0, 0.1) is 12.3 Å². The summed E-state index contributed by atoms with van der Waals surface area (Å²) < 4.78 is 12.9. The Morgan fingerprint density at radius 3 is 2.84 bits per heavy atom. The summed E-state index contributed by atoms with van der Waals surface area (Å²) in [6.07, 6.45) is 3.98. The van der Waals surface area contributed by atoms with Gasteiger partial charge in [0, 0.05) is 36.9 Å². The number of halogens is 1. The Balaban J connectivity index is 1.45. The summed E-state index contributed by atoms with van der Waals surface area (Å²) in [6.45, 7) is 6.88. The summed E-state index contributed by atoms with van der Waals surface area (Å²) >= 11 is 5.97. The Labute approximate surface area is 193 Å². The van der Waals surface area contributed by atoms with Gasteiger partial charge in [-0.2, -0.15) is 5.10 Å². The van der Waals surface area contributed by atoms with E-state index in [4.69, 9.17) is 26.2 Å². The highest BCUT2D eigenvalue weighted by molar-refractivity contribution is 6.30. The molecule has 2 aliphatic heterocycles. The first kappa shape index (κ1) is 22.8. The van der Waals surface area contributed by atoms with Gasteiger partial charge in [0.2, 0.25) is 0 Å². The minimum atomic E-state index is -0.349. The molecular weight excluding hydrogens is 430 g/mol. The Morgan fingerprint density at radius 1 is 1.34 bits per heavy atom. The van der Waals surface area contributed by atoms with Crippen LogP contribution in [0.1, 0.15) is 63.9 Å². The average molecular weight is 460 g/mol. The number of amides is 1. The number of rotatable bonds is 6. The molecule has 1 aromatic heterocycles. The lowest BCUT2D eigenvalue weighted by atomic mass is 9.75. The fourth-order valence-corrected chi connectivity index (χ4v) is 4.93. The van der Waals surface area contributed by atoms with E-state index in [0.717, 1.165) is 49.3 Å². The van der Waals surface area contributed by atoms with Crippen LogP contribution in [0.5, 0.6) is 0 Å². The van der Waals surface area contributed by atoms with Gasteiger partial charge in [-0.05, 0) is 75.1 Å². The number of hydrogen-bond donors (Lipinski definition) is 1. The zero-order chi connectivity index (χ0) is 22.7. The molecule has 0 aliphatic carbocycles. The summed E-state index contributed by atoms with van der Waals surface area (Å²) in [7, 11) is 0. The van der Waals surface area contributed by atoms with Gasteiger partial charge in [-0.25, -0.2) is 4.79 Å². The predicted molar refractivity (Wildman–Crippen MR) is 121 cm³/mol. The topological polar surface area (TPSA) is 82.5 Å². The van der Waals surface area contributed by atoms with E-state index in [2.05, 4.69) is 5.32 Å². The molecule has 172 valence electrons. The molecule has 1 saturated heterocycles. The molecule has 1 fully saturated rings. The van der Waals surface area contributed by atoms with Crippen LogP contribution < -0.4 is 5.32 Å². The molecule has 3 heterocycles. The number of nitrogens with zero attached hydrogens (tertiary/aromatic N) is 2. The number of carbonyl (C=O) groups is 2. The van der Waals surface area contributed by atoms with Crippen molar-refractivity contribution in [2.24, 2.45) is 5.41 Å². The number of ether oxygens (including phenoxy) is 2. The highest BCUT2D eigenvalue weighted by Crippen LogP contribution is 2.37. The molecule has 0 atom stereocenters. The van der Waals surface area contributed by atoms with E-state index in [1.807, 2.05) is 13.8 Å². The van der Waals surface area contributed by atoms with Crippen molar-refractivity contribution in [3.8, 4) is 0 Å². The lowest BCUT2D eigenvalue weighted by Crippen LogP contribution is -2.40. The Morgan fingerprint density at radius 2 is 2.12 bits per heavy atom. The Kier molecular flexibility index (Phi) is 6.86. The fraction of sp³-hybridized carbons (Fsp3) is 0.542. The van der Waals surface area contributed by atoms with Gasteiger partial charge >= 0.3 is 5.97 Å². The zero-order valence-electron chi connectivity index (χ0n) is 18.7. The molecule has 0 unspecified atom stereocenters. The van der Waals surface area contributed by atoms with Gasteiger partial charge < -0.3 is 14.8 Å². The van der Waals surface area contributed by atoms with Crippen LogP contribution in [-0.4, -0.2) is 48.0 Å². The van der Waals surface area contributed by atoms with Crippen molar-refractivity contribution in [3.63, 3.8) is 0 Å². The normalized spacial score (nSPS) is 17.5. The zero-order valence-corrected chi connectivity index (χ0v) is 19.5. The third-order valence-corrected chi connectivity index (χ3v) is 6.81. The summed E-state index contributed by atoms with van der Waals surface area (Å²) in [6, 6.07) is 5.13. The monoisotopic (exact) mass is 459 g/mol. The second-order valence-electron chi connectivity index (χ2n) is 8.76. The largest absolute Gasteiger partial charge is 0.462 e. The summed E-state index contributed by atoms with van der Waals surface area (Å²) in [5.74, 6) is -0.397. The van der Waals surface area contributed by atoms with E-state index in [1.54, 1.807) is 22.9 Å². The van der Waals surface area contributed by atoms with E-state index in [-0.39, 0.29) is 17.3 Å². The van der Waals surface area contributed by atoms with E-state index in [1.165, 1.54) is 0 Å². The third kappa shape index (κ3) is 4.69. The number of aryl methyl sites for hydroxylation is 3. The van der Waals surface area contributed by atoms with E-state index < -0.39 is 0 Å². The molecule has 1 spiro atoms. The van der Waals surface area contributed by atoms with E-state index >= 15 is 0 Å². The van der Waals surface area contributed by atoms with Gasteiger partial charge in [0.05, 0.1) is 17.9 Å². The number of benzene rings is 1. The highest BCUT2D eigenvalue weighted by Gasteiger charge is 2.39. The van der Waals surface area contributed by atoms with Crippen LogP contribution in [0.2, 0.25) is 5.02 Å². The molecule has 8 heteroatoms. The minimum Gasteiger partial charge on any atom is -0.462 e. The molecule has 1 aromatic carbocycles. The number of carbonyl (C=O) groups excluding carboxylic acids is 2. The molecular formula is C24H30ClN3O4. The van der Waals surface area contributed by atoms with Crippen LogP contribution in [0.4, 0.5) is 0 Å². The molecule has 4 rings (SSSR count).